The minimum Gasteiger partial charge on any atom is -0.298 e. The number of para-hydroxylation sites is 1. The first-order valence-corrected chi connectivity index (χ1v) is 6.54. The highest BCUT2D eigenvalue weighted by Crippen LogP contribution is 2.40. The van der Waals surface area contributed by atoms with E-state index in [4.69, 9.17) is 0 Å². The van der Waals surface area contributed by atoms with Crippen LogP contribution in [0.5, 0.6) is 0 Å². The molecule has 0 N–H and O–H groups in total. The largest absolute Gasteiger partial charge is 0.298 e. The molecule has 2 fully saturated rings. The zero-order valence-electron chi connectivity index (χ0n) is 10.3. The topological polar surface area (TPSA) is 37.9 Å². The normalized spacial score (nSPS) is 25.5. The number of hydrogen-bond donors (Lipinski definition) is 0. The van der Waals surface area contributed by atoms with Crippen LogP contribution in [0.3, 0.4) is 0 Å². The molecule has 0 radical (unpaired) electrons. The van der Waals surface area contributed by atoms with E-state index in [1.807, 2.05) is 31.2 Å². The molecular formula is C14H15N3O. The Bertz CT molecular complexity index is 681. The molecule has 4 heteroatoms. The Morgan fingerprint density at radius 3 is 2.72 bits per heavy atom. The van der Waals surface area contributed by atoms with Crippen molar-refractivity contribution in [3.05, 3.63) is 40.4 Å². The van der Waals surface area contributed by atoms with Crippen LogP contribution in [-0.4, -0.2) is 21.7 Å². The summed E-state index contributed by atoms with van der Waals surface area (Å²) >= 11 is 0. The number of rotatable bonds is 1. The summed E-state index contributed by atoms with van der Waals surface area (Å²) in [7, 11) is 0. The number of piperidine rings is 1. The van der Waals surface area contributed by atoms with Crippen molar-refractivity contribution in [1.82, 2.24) is 9.66 Å². The minimum atomic E-state index is 0.0764. The van der Waals surface area contributed by atoms with E-state index in [2.05, 4.69) is 9.99 Å². The molecule has 2 aliphatic rings. The zero-order chi connectivity index (χ0) is 12.3. The number of nitrogens with zero attached hydrogens (tertiary/aromatic N) is 3. The lowest BCUT2D eigenvalue weighted by Crippen LogP contribution is -2.34. The first kappa shape index (κ1) is 10.1. The molecule has 18 heavy (non-hydrogen) atoms. The van der Waals surface area contributed by atoms with Gasteiger partial charge >= 0.3 is 0 Å². The Hall–Kier alpha value is -1.84. The SMILES string of the molecule is Cc1nc2ccccc2c(=O)n1N1[C@@H]2CCC[C@@H]21. The predicted molar refractivity (Wildman–Crippen MR) is 70.4 cm³/mol. The molecule has 1 aromatic carbocycles. The quantitative estimate of drug-likeness (QED) is 0.711. The Morgan fingerprint density at radius 2 is 1.94 bits per heavy atom. The van der Waals surface area contributed by atoms with Crippen LogP contribution in [0.2, 0.25) is 0 Å². The summed E-state index contributed by atoms with van der Waals surface area (Å²) in [6.07, 6.45) is 3.72. The number of aryl methyl sites for hydroxylation is 1. The van der Waals surface area contributed by atoms with Crippen LogP contribution in [0.4, 0.5) is 0 Å². The van der Waals surface area contributed by atoms with Gasteiger partial charge in [0.2, 0.25) is 0 Å². The van der Waals surface area contributed by atoms with Crippen LogP contribution in [0.15, 0.2) is 29.1 Å². The van der Waals surface area contributed by atoms with E-state index in [1.165, 1.54) is 19.3 Å². The van der Waals surface area contributed by atoms with E-state index in [0.717, 1.165) is 11.3 Å². The van der Waals surface area contributed by atoms with Crippen LogP contribution in [0.1, 0.15) is 25.1 Å². The molecule has 0 amide bonds. The Labute approximate surface area is 105 Å². The molecule has 4 nitrogen and oxygen atoms in total. The van der Waals surface area contributed by atoms with Gasteiger partial charge in [-0.25, -0.2) is 9.66 Å². The lowest BCUT2D eigenvalue weighted by molar-refractivity contribution is 0.627. The second kappa shape index (κ2) is 3.34. The van der Waals surface area contributed by atoms with Gasteiger partial charge in [0.1, 0.15) is 5.82 Å². The molecule has 1 aliphatic heterocycles. The fourth-order valence-electron chi connectivity index (χ4n) is 3.31. The highest BCUT2D eigenvalue weighted by atomic mass is 16.1. The molecule has 0 spiro atoms. The molecule has 1 saturated carbocycles. The van der Waals surface area contributed by atoms with E-state index in [0.29, 0.717) is 17.5 Å². The van der Waals surface area contributed by atoms with Gasteiger partial charge in [0.15, 0.2) is 0 Å². The van der Waals surface area contributed by atoms with Gasteiger partial charge in [-0.3, -0.25) is 9.80 Å². The van der Waals surface area contributed by atoms with E-state index in [1.54, 1.807) is 4.68 Å². The van der Waals surface area contributed by atoms with Gasteiger partial charge in [0.25, 0.3) is 5.56 Å². The lowest BCUT2D eigenvalue weighted by atomic mass is 10.2. The molecule has 1 aromatic heterocycles. The van der Waals surface area contributed by atoms with E-state index in [-0.39, 0.29) is 5.56 Å². The van der Waals surface area contributed by atoms with Crippen LogP contribution < -0.4 is 10.6 Å². The third kappa shape index (κ3) is 1.20. The van der Waals surface area contributed by atoms with Crippen molar-refractivity contribution in [2.45, 2.75) is 38.3 Å². The van der Waals surface area contributed by atoms with Crippen molar-refractivity contribution < 1.29 is 0 Å². The third-order valence-corrected chi connectivity index (χ3v) is 4.18. The molecule has 2 atom stereocenters. The monoisotopic (exact) mass is 241 g/mol. The van der Waals surface area contributed by atoms with Crippen molar-refractivity contribution in [2.75, 3.05) is 5.01 Å². The van der Waals surface area contributed by atoms with Crippen LogP contribution in [0.25, 0.3) is 10.9 Å². The maximum Gasteiger partial charge on any atom is 0.280 e. The van der Waals surface area contributed by atoms with Gasteiger partial charge in [-0.05, 0) is 38.3 Å². The van der Waals surface area contributed by atoms with E-state index >= 15 is 0 Å². The maximum absolute atomic E-state index is 12.5. The molecule has 4 rings (SSSR count). The fraction of sp³-hybridized carbons (Fsp3) is 0.429. The summed E-state index contributed by atoms with van der Waals surface area (Å²) in [6.45, 7) is 1.92. The summed E-state index contributed by atoms with van der Waals surface area (Å²) in [5.41, 5.74) is 0.871. The van der Waals surface area contributed by atoms with E-state index in [9.17, 15) is 4.79 Å². The highest BCUT2D eigenvalue weighted by molar-refractivity contribution is 5.77. The first-order valence-electron chi connectivity index (χ1n) is 6.54. The zero-order valence-corrected chi connectivity index (χ0v) is 10.3. The molecule has 1 saturated heterocycles. The Balaban J connectivity index is 1.93. The summed E-state index contributed by atoms with van der Waals surface area (Å²) < 4.78 is 1.79. The molecule has 92 valence electrons. The first-order chi connectivity index (χ1) is 8.77. The molecule has 0 bridgehead atoms. The van der Waals surface area contributed by atoms with Gasteiger partial charge in [-0.15, -0.1) is 0 Å². The summed E-state index contributed by atoms with van der Waals surface area (Å²) in [6, 6.07) is 8.73. The van der Waals surface area contributed by atoms with Crippen molar-refractivity contribution in [3.8, 4) is 0 Å². The molecule has 2 aromatic rings. The van der Waals surface area contributed by atoms with Crippen LogP contribution in [-0.2, 0) is 0 Å². The van der Waals surface area contributed by atoms with Crippen molar-refractivity contribution >= 4 is 10.9 Å². The number of fused-ring (bicyclic) bond motifs is 2. The fourth-order valence-corrected chi connectivity index (χ4v) is 3.31. The van der Waals surface area contributed by atoms with Gasteiger partial charge in [-0.1, -0.05) is 12.1 Å². The second-order valence-corrected chi connectivity index (χ2v) is 5.24. The second-order valence-electron chi connectivity index (χ2n) is 5.24. The van der Waals surface area contributed by atoms with Crippen LogP contribution >= 0.6 is 0 Å². The smallest absolute Gasteiger partial charge is 0.280 e. The average molecular weight is 241 g/mol. The molecule has 1 aliphatic carbocycles. The molecular weight excluding hydrogens is 226 g/mol. The maximum atomic E-state index is 12.5. The predicted octanol–water partition coefficient (Wildman–Crippen LogP) is 1.58. The lowest BCUT2D eigenvalue weighted by Gasteiger charge is -2.15. The molecule has 0 unspecified atom stereocenters. The standard InChI is InChI=1S/C14H15N3O/c1-9-15-11-6-3-2-5-10(11)14(18)16(9)17-12-7-4-8-13(12)17/h2-3,5-6,12-13H,4,7-8H2,1H3/t12-,13+,17?. The number of benzene rings is 1. The highest BCUT2D eigenvalue weighted by Gasteiger charge is 2.52. The Morgan fingerprint density at radius 1 is 1.22 bits per heavy atom. The summed E-state index contributed by atoms with van der Waals surface area (Å²) in [5.74, 6) is 0.799. The van der Waals surface area contributed by atoms with Crippen LogP contribution in [0, 0.1) is 6.92 Å². The van der Waals surface area contributed by atoms with E-state index < -0.39 is 0 Å². The average Bonchev–Trinajstić information content (AvgIpc) is 2.84. The number of hydrogen-bond acceptors (Lipinski definition) is 3. The van der Waals surface area contributed by atoms with Crippen molar-refractivity contribution in [3.63, 3.8) is 0 Å². The molecule has 2 heterocycles. The summed E-state index contributed by atoms with van der Waals surface area (Å²) in [5, 5.41) is 2.92. The van der Waals surface area contributed by atoms with Gasteiger partial charge in [-0.2, -0.15) is 0 Å². The third-order valence-electron chi connectivity index (χ3n) is 4.18. The van der Waals surface area contributed by atoms with Gasteiger partial charge < -0.3 is 0 Å². The minimum absolute atomic E-state index is 0.0764. The Kier molecular flexibility index (Phi) is 1.88. The van der Waals surface area contributed by atoms with Gasteiger partial charge in [0, 0.05) is 0 Å². The summed E-state index contributed by atoms with van der Waals surface area (Å²) in [4.78, 5) is 17.1. The van der Waals surface area contributed by atoms with Crippen molar-refractivity contribution in [1.29, 1.82) is 0 Å². The van der Waals surface area contributed by atoms with Crippen molar-refractivity contribution in [2.24, 2.45) is 0 Å². The number of aromatic nitrogens is 2. The van der Waals surface area contributed by atoms with Gasteiger partial charge in [0.05, 0.1) is 23.0 Å².